The highest BCUT2D eigenvalue weighted by Gasteiger charge is 2.19. The predicted molar refractivity (Wildman–Crippen MR) is 83.6 cm³/mol. The molecule has 0 saturated heterocycles. The zero-order chi connectivity index (χ0) is 15.1. The maximum Gasteiger partial charge on any atom is 0.101 e. The number of aliphatic hydroxyl groups excluding tert-OH is 1. The van der Waals surface area contributed by atoms with Crippen LogP contribution in [0.1, 0.15) is 51.7 Å². The van der Waals surface area contributed by atoms with E-state index in [2.05, 4.69) is 38.7 Å². The van der Waals surface area contributed by atoms with Gasteiger partial charge in [-0.15, -0.1) is 0 Å². The summed E-state index contributed by atoms with van der Waals surface area (Å²) in [4.78, 5) is 2.35. The zero-order valence-electron chi connectivity index (χ0n) is 13.1. The smallest absolute Gasteiger partial charge is 0.101 e. The number of anilines is 1. The van der Waals surface area contributed by atoms with Crippen LogP contribution >= 0.6 is 0 Å². The van der Waals surface area contributed by atoms with Crippen LogP contribution in [-0.4, -0.2) is 17.7 Å². The van der Waals surface area contributed by atoms with Crippen LogP contribution in [0.15, 0.2) is 18.2 Å². The van der Waals surface area contributed by atoms with Crippen molar-refractivity contribution in [2.24, 2.45) is 5.92 Å². The van der Waals surface area contributed by atoms with Crippen LogP contribution < -0.4 is 4.90 Å². The summed E-state index contributed by atoms with van der Waals surface area (Å²) >= 11 is 0. The summed E-state index contributed by atoms with van der Waals surface area (Å²) in [6.07, 6.45) is 2.13. The number of hydrogen-bond acceptors (Lipinski definition) is 3. The third-order valence-electron chi connectivity index (χ3n) is 3.62. The lowest BCUT2D eigenvalue weighted by Crippen LogP contribution is -2.37. The van der Waals surface area contributed by atoms with E-state index in [0.717, 1.165) is 30.6 Å². The predicted octanol–water partition coefficient (Wildman–Crippen LogP) is 3.70. The molecule has 0 heterocycles. The molecular weight excluding hydrogens is 248 g/mol. The number of nitrogens with zero attached hydrogens (tertiary/aromatic N) is 2. The Morgan fingerprint density at radius 3 is 2.35 bits per heavy atom. The minimum Gasteiger partial charge on any atom is -0.392 e. The van der Waals surface area contributed by atoms with E-state index >= 15 is 0 Å². The molecule has 0 amide bonds. The summed E-state index contributed by atoms with van der Waals surface area (Å²) < 4.78 is 0. The van der Waals surface area contributed by atoms with Crippen LogP contribution in [0.2, 0.25) is 0 Å². The van der Waals surface area contributed by atoms with E-state index in [-0.39, 0.29) is 6.61 Å². The number of rotatable bonds is 7. The first-order valence-corrected chi connectivity index (χ1v) is 7.47. The lowest BCUT2D eigenvalue weighted by molar-refractivity contribution is 0.282. The maximum absolute atomic E-state index is 9.39. The van der Waals surface area contributed by atoms with E-state index in [1.807, 2.05) is 12.1 Å². The van der Waals surface area contributed by atoms with Crippen LogP contribution in [-0.2, 0) is 6.61 Å². The topological polar surface area (TPSA) is 47.3 Å². The molecule has 1 aromatic rings. The van der Waals surface area contributed by atoms with Crippen molar-refractivity contribution >= 4 is 5.69 Å². The SMILES string of the molecule is CCC(CC)N(CC(C)C)c1ccc(CO)cc1C#N. The van der Waals surface area contributed by atoms with Crippen molar-refractivity contribution in [3.63, 3.8) is 0 Å². The molecule has 0 fully saturated rings. The van der Waals surface area contributed by atoms with Gasteiger partial charge in [0.25, 0.3) is 0 Å². The quantitative estimate of drug-likeness (QED) is 0.824. The largest absolute Gasteiger partial charge is 0.392 e. The van der Waals surface area contributed by atoms with E-state index in [1.54, 1.807) is 6.07 Å². The van der Waals surface area contributed by atoms with Crippen molar-refractivity contribution in [2.75, 3.05) is 11.4 Å². The van der Waals surface area contributed by atoms with Crippen molar-refractivity contribution < 1.29 is 5.11 Å². The van der Waals surface area contributed by atoms with E-state index in [9.17, 15) is 10.4 Å². The first-order chi connectivity index (χ1) is 9.57. The van der Waals surface area contributed by atoms with Gasteiger partial charge in [0.2, 0.25) is 0 Å². The van der Waals surface area contributed by atoms with E-state index in [0.29, 0.717) is 17.5 Å². The number of aliphatic hydroxyl groups is 1. The Balaban J connectivity index is 3.22. The van der Waals surface area contributed by atoms with Crippen LogP contribution in [0.3, 0.4) is 0 Å². The van der Waals surface area contributed by atoms with Gasteiger partial charge in [-0.3, -0.25) is 0 Å². The number of benzene rings is 1. The second-order valence-electron chi connectivity index (χ2n) is 5.64. The first-order valence-electron chi connectivity index (χ1n) is 7.47. The molecule has 0 aromatic heterocycles. The summed E-state index contributed by atoms with van der Waals surface area (Å²) in [6.45, 7) is 9.70. The standard InChI is InChI=1S/C17H26N2O/c1-5-16(6-2)19(11-13(3)4)17-8-7-14(12-20)9-15(17)10-18/h7-9,13,16,20H,5-6,11-12H2,1-4H3. The van der Waals surface area contributed by atoms with Gasteiger partial charge in [0.15, 0.2) is 0 Å². The number of nitriles is 1. The molecule has 0 bridgehead atoms. The molecule has 0 unspecified atom stereocenters. The summed E-state index contributed by atoms with van der Waals surface area (Å²) in [5.41, 5.74) is 2.44. The summed E-state index contributed by atoms with van der Waals surface area (Å²) in [6, 6.07) is 8.41. The molecule has 0 spiro atoms. The van der Waals surface area contributed by atoms with Gasteiger partial charge in [-0.05, 0) is 36.5 Å². The zero-order valence-corrected chi connectivity index (χ0v) is 13.1. The Morgan fingerprint density at radius 1 is 1.25 bits per heavy atom. The highest BCUT2D eigenvalue weighted by molar-refractivity contribution is 5.61. The van der Waals surface area contributed by atoms with E-state index in [4.69, 9.17) is 0 Å². The minimum absolute atomic E-state index is 0.0237. The van der Waals surface area contributed by atoms with E-state index in [1.165, 1.54) is 0 Å². The molecule has 0 atom stereocenters. The lowest BCUT2D eigenvalue weighted by Gasteiger charge is -2.35. The minimum atomic E-state index is -0.0237. The lowest BCUT2D eigenvalue weighted by atomic mass is 10.0. The molecule has 1 rings (SSSR count). The highest BCUT2D eigenvalue weighted by atomic mass is 16.3. The summed E-state index contributed by atoms with van der Waals surface area (Å²) in [5.74, 6) is 0.541. The van der Waals surface area contributed by atoms with Crippen LogP contribution in [0, 0.1) is 17.2 Å². The van der Waals surface area contributed by atoms with Gasteiger partial charge in [-0.1, -0.05) is 33.8 Å². The van der Waals surface area contributed by atoms with Crippen molar-refractivity contribution in [3.05, 3.63) is 29.3 Å². The molecule has 0 aliphatic carbocycles. The molecule has 20 heavy (non-hydrogen) atoms. The Morgan fingerprint density at radius 2 is 1.90 bits per heavy atom. The molecule has 1 aromatic carbocycles. The molecule has 0 aliphatic heterocycles. The molecule has 110 valence electrons. The van der Waals surface area contributed by atoms with Crippen LogP contribution in [0.25, 0.3) is 0 Å². The molecule has 0 radical (unpaired) electrons. The third kappa shape index (κ3) is 3.98. The molecule has 0 saturated carbocycles. The van der Waals surface area contributed by atoms with Gasteiger partial charge in [0.1, 0.15) is 6.07 Å². The van der Waals surface area contributed by atoms with Gasteiger partial charge in [-0.2, -0.15) is 5.26 Å². The summed E-state index contributed by atoms with van der Waals surface area (Å²) in [7, 11) is 0. The average Bonchev–Trinajstić information content (AvgIpc) is 2.46. The van der Waals surface area contributed by atoms with Gasteiger partial charge in [-0.25, -0.2) is 0 Å². The highest BCUT2D eigenvalue weighted by Crippen LogP contribution is 2.26. The Labute approximate surface area is 122 Å². The average molecular weight is 274 g/mol. The Kier molecular flexibility index (Phi) is 6.54. The van der Waals surface area contributed by atoms with Gasteiger partial charge in [0.05, 0.1) is 17.9 Å². The molecule has 3 nitrogen and oxygen atoms in total. The number of hydrogen-bond donors (Lipinski definition) is 1. The van der Waals surface area contributed by atoms with Crippen molar-refractivity contribution in [2.45, 2.75) is 53.2 Å². The molecule has 3 heteroatoms. The fourth-order valence-corrected chi connectivity index (χ4v) is 2.59. The molecular formula is C17H26N2O. The van der Waals surface area contributed by atoms with Gasteiger partial charge in [0, 0.05) is 12.6 Å². The molecule has 0 aliphatic rings. The van der Waals surface area contributed by atoms with Crippen LogP contribution in [0.5, 0.6) is 0 Å². The second kappa shape index (κ2) is 7.91. The van der Waals surface area contributed by atoms with Crippen molar-refractivity contribution in [3.8, 4) is 6.07 Å². The Bertz CT molecular complexity index is 459. The fraction of sp³-hybridized carbons (Fsp3) is 0.588. The van der Waals surface area contributed by atoms with Gasteiger partial charge < -0.3 is 10.0 Å². The maximum atomic E-state index is 9.39. The van der Waals surface area contributed by atoms with Crippen molar-refractivity contribution in [1.29, 1.82) is 5.26 Å². The third-order valence-corrected chi connectivity index (χ3v) is 3.62. The first kappa shape index (κ1) is 16.5. The monoisotopic (exact) mass is 274 g/mol. The normalized spacial score (nSPS) is 10.9. The fourth-order valence-electron chi connectivity index (χ4n) is 2.59. The van der Waals surface area contributed by atoms with E-state index < -0.39 is 0 Å². The summed E-state index contributed by atoms with van der Waals surface area (Å²) in [5, 5.41) is 18.6. The Hall–Kier alpha value is -1.53. The second-order valence-corrected chi connectivity index (χ2v) is 5.64. The molecule has 1 N–H and O–H groups in total. The van der Waals surface area contributed by atoms with Crippen molar-refractivity contribution in [1.82, 2.24) is 0 Å². The van der Waals surface area contributed by atoms with Gasteiger partial charge >= 0.3 is 0 Å². The van der Waals surface area contributed by atoms with Crippen LogP contribution in [0.4, 0.5) is 5.69 Å².